The summed E-state index contributed by atoms with van der Waals surface area (Å²) in [5.74, 6) is 1.19. The van der Waals surface area contributed by atoms with Gasteiger partial charge in [0.2, 0.25) is 0 Å². The smallest absolute Gasteiger partial charge is 0.256 e. The van der Waals surface area contributed by atoms with Crippen molar-refractivity contribution in [1.82, 2.24) is 14.5 Å². The summed E-state index contributed by atoms with van der Waals surface area (Å²) < 4.78 is 1.62. The molecule has 0 amide bonds. The monoisotopic (exact) mass is 297 g/mol. The molecule has 2 aromatic heterocycles. The molecule has 0 unspecified atom stereocenters. The molecule has 3 rings (SSSR count). The summed E-state index contributed by atoms with van der Waals surface area (Å²) in [5.41, 5.74) is 2.27. The van der Waals surface area contributed by atoms with E-state index in [1.807, 2.05) is 25.3 Å². The molecule has 3 heterocycles. The summed E-state index contributed by atoms with van der Waals surface area (Å²) in [6.07, 6.45) is 5.93. The largest absolute Gasteiger partial charge is 0.304 e. The minimum absolute atomic E-state index is 0.00627. The van der Waals surface area contributed by atoms with Crippen molar-refractivity contribution in [3.05, 3.63) is 58.1 Å². The van der Waals surface area contributed by atoms with Gasteiger partial charge in [-0.15, -0.1) is 0 Å². The van der Waals surface area contributed by atoms with E-state index in [0.29, 0.717) is 11.7 Å². The Kier molecular flexibility index (Phi) is 4.39. The van der Waals surface area contributed by atoms with Crippen molar-refractivity contribution in [3.63, 3.8) is 0 Å². The topological polar surface area (TPSA) is 38.1 Å². The van der Waals surface area contributed by atoms with Gasteiger partial charge < -0.3 is 4.90 Å². The lowest BCUT2D eigenvalue weighted by atomic mass is 9.90. The zero-order valence-electron chi connectivity index (χ0n) is 13.3. The van der Waals surface area contributed by atoms with Crippen LogP contribution in [0.4, 0.5) is 0 Å². The second-order valence-electron chi connectivity index (χ2n) is 6.07. The van der Waals surface area contributed by atoms with Crippen molar-refractivity contribution in [2.75, 3.05) is 19.6 Å². The average Bonchev–Trinajstić information content (AvgIpc) is 2.56. The second kappa shape index (κ2) is 6.44. The highest BCUT2D eigenvalue weighted by Crippen LogP contribution is 2.26. The van der Waals surface area contributed by atoms with Gasteiger partial charge in [0.1, 0.15) is 5.82 Å². The van der Waals surface area contributed by atoms with E-state index in [1.54, 1.807) is 16.8 Å². The molecular formula is C18H23N3O. The van der Waals surface area contributed by atoms with Gasteiger partial charge in [0.05, 0.1) is 0 Å². The third-order valence-electron chi connectivity index (χ3n) is 4.59. The minimum atomic E-state index is 0.00627. The van der Waals surface area contributed by atoms with Crippen LogP contribution in [0, 0.1) is 6.92 Å². The molecular weight excluding hydrogens is 274 g/mol. The van der Waals surface area contributed by atoms with Crippen molar-refractivity contribution in [1.29, 1.82) is 0 Å². The molecule has 22 heavy (non-hydrogen) atoms. The van der Waals surface area contributed by atoms with Crippen LogP contribution in [0.15, 0.2) is 41.5 Å². The number of nitrogens with zero attached hydrogens (tertiary/aromatic N) is 3. The zero-order chi connectivity index (χ0) is 15.5. The first-order valence-electron chi connectivity index (χ1n) is 8.05. The maximum atomic E-state index is 12.4. The standard InChI is InChI=1S/C18H23N3O/c1-3-20-9-6-15(7-10-20)16-8-11-21(18(22)12-16)17-5-4-14(2)13-19-17/h4-5,8,11-13,15H,3,6-7,9-10H2,1-2H3. The van der Waals surface area contributed by atoms with E-state index >= 15 is 0 Å². The lowest BCUT2D eigenvalue weighted by Crippen LogP contribution is -2.33. The molecule has 0 aliphatic carbocycles. The molecule has 1 aliphatic rings. The molecule has 0 radical (unpaired) electrons. The summed E-state index contributed by atoms with van der Waals surface area (Å²) in [5, 5.41) is 0. The Morgan fingerprint density at radius 2 is 2.00 bits per heavy atom. The third kappa shape index (κ3) is 3.12. The molecule has 4 heteroatoms. The molecule has 0 aromatic carbocycles. The van der Waals surface area contributed by atoms with Gasteiger partial charge >= 0.3 is 0 Å². The normalized spacial score (nSPS) is 16.8. The molecule has 2 aromatic rings. The van der Waals surface area contributed by atoms with Gasteiger partial charge in [-0.1, -0.05) is 13.0 Å². The van der Waals surface area contributed by atoms with Gasteiger partial charge in [0, 0.05) is 18.5 Å². The number of piperidine rings is 1. The van der Waals surface area contributed by atoms with Crippen LogP contribution in [-0.2, 0) is 0 Å². The quantitative estimate of drug-likeness (QED) is 0.874. The summed E-state index contributed by atoms with van der Waals surface area (Å²) in [4.78, 5) is 19.2. The molecule has 0 atom stereocenters. The van der Waals surface area contributed by atoms with Gasteiger partial charge in [-0.3, -0.25) is 9.36 Å². The van der Waals surface area contributed by atoms with E-state index < -0.39 is 0 Å². The number of aryl methyl sites for hydroxylation is 1. The Morgan fingerprint density at radius 1 is 1.23 bits per heavy atom. The summed E-state index contributed by atoms with van der Waals surface area (Å²) in [6, 6.07) is 7.72. The van der Waals surface area contributed by atoms with Crippen LogP contribution >= 0.6 is 0 Å². The first-order chi connectivity index (χ1) is 10.7. The number of hydrogen-bond acceptors (Lipinski definition) is 3. The zero-order valence-corrected chi connectivity index (χ0v) is 13.3. The number of hydrogen-bond donors (Lipinski definition) is 0. The van der Waals surface area contributed by atoms with Crippen LogP contribution in [0.25, 0.3) is 5.82 Å². The van der Waals surface area contributed by atoms with Crippen LogP contribution in [0.5, 0.6) is 0 Å². The molecule has 1 aliphatic heterocycles. The van der Waals surface area contributed by atoms with Gasteiger partial charge in [-0.2, -0.15) is 0 Å². The molecule has 4 nitrogen and oxygen atoms in total. The molecule has 0 saturated carbocycles. The number of pyridine rings is 2. The minimum Gasteiger partial charge on any atom is -0.304 e. The van der Waals surface area contributed by atoms with E-state index in [0.717, 1.165) is 38.0 Å². The van der Waals surface area contributed by atoms with Gasteiger partial charge in [0.15, 0.2) is 0 Å². The van der Waals surface area contributed by atoms with Gasteiger partial charge in [0.25, 0.3) is 5.56 Å². The first kappa shape index (κ1) is 15.0. The van der Waals surface area contributed by atoms with Crippen LogP contribution in [-0.4, -0.2) is 34.1 Å². The molecule has 0 spiro atoms. The van der Waals surface area contributed by atoms with Crippen molar-refractivity contribution >= 4 is 0 Å². The van der Waals surface area contributed by atoms with Crippen LogP contribution < -0.4 is 5.56 Å². The van der Waals surface area contributed by atoms with Gasteiger partial charge in [-0.25, -0.2) is 4.98 Å². The molecule has 0 N–H and O–H groups in total. The third-order valence-corrected chi connectivity index (χ3v) is 4.59. The Hall–Kier alpha value is -1.94. The summed E-state index contributed by atoms with van der Waals surface area (Å²) in [6.45, 7) is 7.57. The maximum absolute atomic E-state index is 12.4. The Bertz CT molecular complexity index is 682. The molecule has 1 saturated heterocycles. The van der Waals surface area contributed by atoms with E-state index in [2.05, 4.69) is 22.9 Å². The lowest BCUT2D eigenvalue weighted by molar-refractivity contribution is 0.222. The average molecular weight is 297 g/mol. The van der Waals surface area contributed by atoms with Crippen molar-refractivity contribution < 1.29 is 0 Å². The van der Waals surface area contributed by atoms with Crippen molar-refractivity contribution in [2.24, 2.45) is 0 Å². The first-order valence-corrected chi connectivity index (χ1v) is 8.05. The van der Waals surface area contributed by atoms with Crippen molar-refractivity contribution in [2.45, 2.75) is 32.6 Å². The molecule has 0 bridgehead atoms. The van der Waals surface area contributed by atoms with E-state index in [1.165, 1.54) is 5.56 Å². The fraction of sp³-hybridized carbons (Fsp3) is 0.444. The Morgan fingerprint density at radius 3 is 2.59 bits per heavy atom. The Balaban J connectivity index is 1.81. The predicted molar refractivity (Wildman–Crippen MR) is 88.7 cm³/mol. The van der Waals surface area contributed by atoms with Gasteiger partial charge in [-0.05, 0) is 68.6 Å². The second-order valence-corrected chi connectivity index (χ2v) is 6.07. The predicted octanol–water partition coefficient (Wildman–Crippen LogP) is 2.74. The molecule has 1 fully saturated rings. The highest BCUT2D eigenvalue weighted by atomic mass is 16.1. The van der Waals surface area contributed by atoms with Crippen LogP contribution in [0.3, 0.4) is 0 Å². The fourth-order valence-corrected chi connectivity index (χ4v) is 3.12. The summed E-state index contributed by atoms with van der Waals surface area (Å²) >= 11 is 0. The van der Waals surface area contributed by atoms with E-state index in [4.69, 9.17) is 0 Å². The lowest BCUT2D eigenvalue weighted by Gasteiger charge is -2.31. The number of aromatic nitrogens is 2. The molecule has 116 valence electrons. The van der Waals surface area contributed by atoms with Crippen LogP contribution in [0.2, 0.25) is 0 Å². The number of likely N-dealkylation sites (tertiary alicyclic amines) is 1. The van der Waals surface area contributed by atoms with Crippen molar-refractivity contribution in [3.8, 4) is 5.82 Å². The highest BCUT2D eigenvalue weighted by molar-refractivity contribution is 5.28. The van der Waals surface area contributed by atoms with E-state index in [9.17, 15) is 4.79 Å². The van der Waals surface area contributed by atoms with Crippen LogP contribution in [0.1, 0.15) is 36.8 Å². The SMILES string of the molecule is CCN1CCC(c2ccn(-c3ccc(C)cn3)c(=O)c2)CC1. The Labute approximate surface area is 131 Å². The summed E-state index contributed by atoms with van der Waals surface area (Å²) in [7, 11) is 0. The van der Waals surface area contributed by atoms with E-state index in [-0.39, 0.29) is 5.56 Å². The fourth-order valence-electron chi connectivity index (χ4n) is 3.12. The maximum Gasteiger partial charge on any atom is 0.256 e. The number of rotatable bonds is 3. The highest BCUT2D eigenvalue weighted by Gasteiger charge is 2.20.